The molecule has 1 N–H and O–H groups in total. The van der Waals surface area contributed by atoms with Crippen molar-refractivity contribution in [1.29, 1.82) is 0 Å². The Morgan fingerprint density at radius 3 is 2.22 bits per heavy atom. The number of carboxylic acids is 1. The summed E-state index contributed by atoms with van der Waals surface area (Å²) in [6, 6.07) is 21.0. The van der Waals surface area contributed by atoms with Gasteiger partial charge in [0, 0.05) is 19.9 Å². The number of ether oxygens (including phenoxy) is 1. The number of fused-ring (bicyclic) bond motifs is 4. The van der Waals surface area contributed by atoms with E-state index in [4.69, 9.17) is 9.84 Å². The van der Waals surface area contributed by atoms with Crippen LogP contribution >= 0.6 is 59.1 Å². The van der Waals surface area contributed by atoms with E-state index in [2.05, 4.69) is 96.3 Å². The van der Waals surface area contributed by atoms with Crippen LogP contribution in [0.15, 0.2) is 74.1 Å². The standard InChI is InChI=1S/C25H15Br3O3S/c26-17-11-13(12-18(27)24(17)31-10-9-20(29)30)21-14-5-1-2-6-15(14)23(28)25-22(21)16-7-3-4-8-19(16)32-25/h1-8,11-12H,9-10H2,(H,29,30). The number of hydrogen-bond acceptors (Lipinski definition) is 3. The molecule has 7 heteroatoms. The number of hydrogen-bond donors (Lipinski definition) is 1. The van der Waals surface area contributed by atoms with Gasteiger partial charge in [-0.25, -0.2) is 0 Å². The maximum atomic E-state index is 10.9. The monoisotopic (exact) mass is 632 g/mol. The summed E-state index contributed by atoms with van der Waals surface area (Å²) in [4.78, 5) is 10.9. The maximum absolute atomic E-state index is 10.9. The van der Waals surface area contributed by atoms with E-state index in [1.807, 2.05) is 12.1 Å². The van der Waals surface area contributed by atoms with Crippen molar-refractivity contribution in [2.75, 3.05) is 6.61 Å². The van der Waals surface area contributed by atoms with Crippen molar-refractivity contribution in [3.05, 3.63) is 74.1 Å². The van der Waals surface area contributed by atoms with Crippen molar-refractivity contribution in [3.8, 4) is 16.9 Å². The number of carboxylic acid groups (broad SMARTS) is 1. The molecule has 0 unspecified atom stereocenters. The molecule has 0 radical (unpaired) electrons. The highest BCUT2D eigenvalue weighted by atomic mass is 79.9. The zero-order valence-corrected chi connectivity index (χ0v) is 22.1. The van der Waals surface area contributed by atoms with Gasteiger partial charge in [0.25, 0.3) is 0 Å². The molecule has 0 aliphatic heterocycles. The van der Waals surface area contributed by atoms with E-state index in [1.54, 1.807) is 11.3 Å². The fourth-order valence-electron chi connectivity index (χ4n) is 3.98. The highest BCUT2D eigenvalue weighted by molar-refractivity contribution is 9.11. The number of thiophene rings is 1. The lowest BCUT2D eigenvalue weighted by molar-refractivity contribution is -0.137. The first-order chi connectivity index (χ1) is 15.5. The molecule has 0 saturated heterocycles. The van der Waals surface area contributed by atoms with Gasteiger partial charge in [0.15, 0.2) is 0 Å². The van der Waals surface area contributed by atoms with Crippen molar-refractivity contribution < 1.29 is 14.6 Å². The second-order valence-corrected chi connectivity index (χ2v) is 10.9. The van der Waals surface area contributed by atoms with Gasteiger partial charge in [-0.05, 0) is 87.9 Å². The van der Waals surface area contributed by atoms with Crippen LogP contribution in [0.2, 0.25) is 0 Å². The fraction of sp³-hybridized carbons (Fsp3) is 0.0800. The Morgan fingerprint density at radius 2 is 1.53 bits per heavy atom. The van der Waals surface area contributed by atoms with Gasteiger partial charge in [-0.15, -0.1) is 11.3 Å². The van der Waals surface area contributed by atoms with Gasteiger partial charge in [-0.1, -0.05) is 42.5 Å². The Bertz CT molecular complexity index is 1500. The van der Waals surface area contributed by atoms with E-state index in [0.29, 0.717) is 5.75 Å². The van der Waals surface area contributed by atoms with Crippen molar-refractivity contribution in [2.24, 2.45) is 0 Å². The summed E-state index contributed by atoms with van der Waals surface area (Å²) >= 11 is 12.9. The molecule has 0 aliphatic carbocycles. The smallest absolute Gasteiger partial charge is 0.306 e. The van der Waals surface area contributed by atoms with Crippen LogP contribution < -0.4 is 4.74 Å². The minimum Gasteiger partial charge on any atom is -0.491 e. The molecule has 0 bridgehead atoms. The van der Waals surface area contributed by atoms with E-state index in [1.165, 1.54) is 20.2 Å². The predicted molar refractivity (Wildman–Crippen MR) is 143 cm³/mol. The minimum absolute atomic E-state index is 0.0561. The molecule has 32 heavy (non-hydrogen) atoms. The van der Waals surface area contributed by atoms with E-state index < -0.39 is 5.97 Å². The summed E-state index contributed by atoms with van der Waals surface area (Å²) in [7, 11) is 0. The predicted octanol–water partition coefficient (Wildman–Crippen LogP) is 9.02. The largest absolute Gasteiger partial charge is 0.491 e. The van der Waals surface area contributed by atoms with Gasteiger partial charge in [0.1, 0.15) is 5.75 Å². The molecule has 160 valence electrons. The van der Waals surface area contributed by atoms with Crippen LogP contribution in [0.25, 0.3) is 42.1 Å². The van der Waals surface area contributed by atoms with E-state index in [9.17, 15) is 4.79 Å². The minimum atomic E-state index is -0.887. The topological polar surface area (TPSA) is 46.5 Å². The van der Waals surface area contributed by atoms with Crippen molar-refractivity contribution in [3.63, 3.8) is 0 Å². The number of benzene rings is 4. The molecule has 0 atom stereocenters. The summed E-state index contributed by atoms with van der Waals surface area (Å²) in [6.45, 7) is 0.104. The third-order valence-electron chi connectivity index (χ3n) is 5.33. The molecule has 5 aromatic rings. The lowest BCUT2D eigenvalue weighted by Gasteiger charge is -2.15. The Labute approximate surface area is 213 Å². The fourth-order valence-corrected chi connectivity index (χ4v) is 7.34. The summed E-state index contributed by atoms with van der Waals surface area (Å²) in [5, 5.41) is 13.7. The third-order valence-corrected chi connectivity index (χ3v) is 8.78. The molecule has 0 spiro atoms. The second kappa shape index (κ2) is 8.78. The zero-order chi connectivity index (χ0) is 22.4. The number of rotatable bonds is 5. The van der Waals surface area contributed by atoms with Crippen molar-refractivity contribution in [1.82, 2.24) is 0 Å². The molecular formula is C25H15Br3O3S. The van der Waals surface area contributed by atoms with Crippen LogP contribution in [0, 0.1) is 0 Å². The number of halogens is 3. The van der Waals surface area contributed by atoms with E-state index in [-0.39, 0.29) is 13.0 Å². The molecule has 0 fully saturated rings. The van der Waals surface area contributed by atoms with Gasteiger partial charge in [0.2, 0.25) is 0 Å². The summed E-state index contributed by atoms with van der Waals surface area (Å²) in [5.41, 5.74) is 2.21. The molecule has 1 aromatic heterocycles. The SMILES string of the molecule is O=C(O)CCOc1c(Br)cc(-c2c3ccccc3c(Br)c3sc4ccccc4c23)cc1Br. The molecular weight excluding hydrogens is 620 g/mol. The van der Waals surface area contributed by atoms with Gasteiger partial charge in [-0.3, -0.25) is 4.79 Å². The van der Waals surface area contributed by atoms with Gasteiger partial charge in [-0.2, -0.15) is 0 Å². The molecule has 0 saturated carbocycles. The highest BCUT2D eigenvalue weighted by Crippen LogP contribution is 2.49. The van der Waals surface area contributed by atoms with Crippen LogP contribution in [0.3, 0.4) is 0 Å². The van der Waals surface area contributed by atoms with E-state index in [0.717, 1.165) is 35.3 Å². The molecule has 5 rings (SSSR count). The molecule has 3 nitrogen and oxygen atoms in total. The molecule has 0 amide bonds. The molecule has 1 heterocycles. The third kappa shape index (κ3) is 3.75. The second-order valence-electron chi connectivity index (χ2n) is 7.30. The first kappa shape index (κ1) is 21.9. The zero-order valence-electron chi connectivity index (χ0n) is 16.5. The first-order valence-corrected chi connectivity index (χ1v) is 13.0. The Hall–Kier alpha value is -1.93. The average molecular weight is 635 g/mol. The van der Waals surface area contributed by atoms with Gasteiger partial charge >= 0.3 is 5.97 Å². The van der Waals surface area contributed by atoms with Crippen LogP contribution in [0.4, 0.5) is 0 Å². The lowest BCUT2D eigenvalue weighted by Crippen LogP contribution is -2.05. The molecule has 4 aromatic carbocycles. The number of aliphatic carboxylic acids is 1. The van der Waals surface area contributed by atoms with Crippen molar-refractivity contribution in [2.45, 2.75) is 6.42 Å². The number of carbonyl (C=O) groups is 1. The van der Waals surface area contributed by atoms with Crippen LogP contribution in [0.1, 0.15) is 6.42 Å². The summed E-state index contributed by atoms with van der Waals surface area (Å²) in [5.74, 6) is -0.287. The lowest BCUT2D eigenvalue weighted by atomic mass is 9.93. The Kier molecular flexibility index (Phi) is 6.01. The van der Waals surface area contributed by atoms with E-state index >= 15 is 0 Å². The Balaban J connectivity index is 1.80. The summed E-state index contributed by atoms with van der Waals surface area (Å²) in [6.07, 6.45) is -0.0561. The van der Waals surface area contributed by atoms with Crippen LogP contribution in [-0.4, -0.2) is 17.7 Å². The summed E-state index contributed by atoms with van der Waals surface area (Å²) < 4.78 is 10.8. The maximum Gasteiger partial charge on any atom is 0.306 e. The van der Waals surface area contributed by atoms with Gasteiger partial charge in [0.05, 0.1) is 26.7 Å². The van der Waals surface area contributed by atoms with Gasteiger partial charge < -0.3 is 9.84 Å². The average Bonchev–Trinajstić information content (AvgIpc) is 3.15. The molecule has 0 aliphatic rings. The van der Waals surface area contributed by atoms with Crippen LogP contribution in [0.5, 0.6) is 5.75 Å². The van der Waals surface area contributed by atoms with Crippen LogP contribution in [-0.2, 0) is 4.79 Å². The quantitative estimate of drug-likeness (QED) is 0.210. The first-order valence-electron chi connectivity index (χ1n) is 9.81. The normalized spacial score (nSPS) is 11.5. The van der Waals surface area contributed by atoms with Crippen molar-refractivity contribution >= 4 is 96.0 Å². The Morgan fingerprint density at radius 1 is 0.906 bits per heavy atom. The highest BCUT2D eigenvalue weighted by Gasteiger charge is 2.20.